The van der Waals surface area contributed by atoms with Gasteiger partial charge in [0.15, 0.2) is 5.69 Å². The van der Waals surface area contributed by atoms with Crippen LogP contribution >= 0.6 is 0 Å². The molecule has 1 aliphatic carbocycles. The Labute approximate surface area is 157 Å². The lowest BCUT2D eigenvalue weighted by Crippen LogP contribution is -2.40. The van der Waals surface area contributed by atoms with Crippen LogP contribution in [-0.4, -0.2) is 42.8 Å². The highest BCUT2D eigenvalue weighted by molar-refractivity contribution is 5.92. The van der Waals surface area contributed by atoms with E-state index in [1.807, 2.05) is 0 Å². The number of aromatic nitrogens is 5. The van der Waals surface area contributed by atoms with Crippen LogP contribution in [-0.2, 0) is 6.18 Å². The third-order valence-corrected chi connectivity index (χ3v) is 4.86. The molecule has 28 heavy (non-hydrogen) atoms. The number of alkyl halides is 3. The van der Waals surface area contributed by atoms with Gasteiger partial charge in [0.1, 0.15) is 17.2 Å². The van der Waals surface area contributed by atoms with E-state index in [0.29, 0.717) is 11.5 Å². The highest BCUT2D eigenvalue weighted by Crippen LogP contribution is 2.30. The zero-order valence-corrected chi connectivity index (χ0v) is 14.7. The Hall–Kier alpha value is -3.11. The molecule has 0 unspecified atom stereocenters. The summed E-state index contributed by atoms with van der Waals surface area (Å²) >= 11 is 0. The number of hydrogen-bond acceptors (Lipinski definition) is 5. The van der Waals surface area contributed by atoms with Gasteiger partial charge in [0.2, 0.25) is 0 Å². The van der Waals surface area contributed by atoms with E-state index in [4.69, 9.17) is 0 Å². The van der Waals surface area contributed by atoms with E-state index in [9.17, 15) is 18.0 Å². The molecular weight excluding hydrogens is 375 g/mol. The molecule has 11 heteroatoms. The van der Waals surface area contributed by atoms with Crippen molar-refractivity contribution in [2.24, 2.45) is 0 Å². The van der Waals surface area contributed by atoms with Gasteiger partial charge >= 0.3 is 6.18 Å². The van der Waals surface area contributed by atoms with E-state index >= 15 is 0 Å². The maximum atomic E-state index is 12.9. The lowest BCUT2D eigenvalue weighted by Gasteiger charge is -2.30. The van der Waals surface area contributed by atoms with Gasteiger partial charge in [-0.2, -0.15) is 13.2 Å². The van der Waals surface area contributed by atoms with Crippen molar-refractivity contribution in [2.45, 2.75) is 43.9 Å². The van der Waals surface area contributed by atoms with Crippen LogP contribution in [0.2, 0.25) is 0 Å². The lowest BCUT2D eigenvalue weighted by atomic mass is 9.91. The second kappa shape index (κ2) is 7.13. The van der Waals surface area contributed by atoms with E-state index in [2.05, 4.69) is 31.0 Å². The SMILES string of the molecule is O=C(N[C@H]1CC[C@@H](Nc2cccc3nc(C(F)(F)F)cn23)CC1)c1cnn[nH]1. The number of carbonyl (C=O) groups excluding carboxylic acids is 1. The monoisotopic (exact) mass is 393 g/mol. The summed E-state index contributed by atoms with van der Waals surface area (Å²) in [5, 5.41) is 15.9. The number of imidazole rings is 1. The third-order valence-electron chi connectivity index (χ3n) is 4.86. The van der Waals surface area contributed by atoms with Gasteiger partial charge < -0.3 is 10.6 Å². The van der Waals surface area contributed by atoms with Crippen LogP contribution in [0.25, 0.3) is 5.65 Å². The van der Waals surface area contributed by atoms with Gasteiger partial charge in [0.25, 0.3) is 5.91 Å². The van der Waals surface area contributed by atoms with E-state index in [-0.39, 0.29) is 23.6 Å². The van der Waals surface area contributed by atoms with Gasteiger partial charge in [-0.15, -0.1) is 5.10 Å². The van der Waals surface area contributed by atoms with E-state index in [1.54, 1.807) is 12.1 Å². The first-order valence-electron chi connectivity index (χ1n) is 8.89. The molecular formula is C17H18F3N7O. The molecule has 148 valence electrons. The number of nitrogens with zero attached hydrogens (tertiary/aromatic N) is 4. The molecule has 0 bridgehead atoms. The molecule has 3 N–H and O–H groups in total. The molecule has 1 saturated carbocycles. The zero-order chi connectivity index (χ0) is 19.7. The normalized spacial score (nSPS) is 20.2. The molecule has 4 rings (SSSR count). The summed E-state index contributed by atoms with van der Waals surface area (Å²) in [6.45, 7) is 0. The number of aromatic amines is 1. The highest BCUT2D eigenvalue weighted by Gasteiger charge is 2.34. The van der Waals surface area contributed by atoms with E-state index in [0.717, 1.165) is 31.9 Å². The topological polar surface area (TPSA) is 100 Å². The molecule has 0 radical (unpaired) electrons. The number of fused-ring (bicyclic) bond motifs is 1. The second-order valence-electron chi connectivity index (χ2n) is 6.80. The fourth-order valence-electron chi connectivity index (χ4n) is 3.43. The van der Waals surface area contributed by atoms with Crippen molar-refractivity contribution >= 4 is 17.4 Å². The first-order valence-corrected chi connectivity index (χ1v) is 8.89. The van der Waals surface area contributed by atoms with Crippen LogP contribution in [0.3, 0.4) is 0 Å². The Morgan fingerprint density at radius 3 is 2.61 bits per heavy atom. The van der Waals surface area contributed by atoms with E-state index in [1.165, 1.54) is 16.7 Å². The molecule has 1 aliphatic rings. The van der Waals surface area contributed by atoms with Crippen molar-refractivity contribution in [2.75, 3.05) is 5.32 Å². The van der Waals surface area contributed by atoms with Crippen molar-refractivity contribution in [1.82, 2.24) is 30.1 Å². The number of halogens is 3. The van der Waals surface area contributed by atoms with Gasteiger partial charge in [0.05, 0.1) is 6.20 Å². The first kappa shape index (κ1) is 18.3. The van der Waals surface area contributed by atoms with Gasteiger partial charge in [0, 0.05) is 18.3 Å². The third kappa shape index (κ3) is 3.78. The first-order chi connectivity index (χ1) is 13.4. The largest absolute Gasteiger partial charge is 0.434 e. The van der Waals surface area contributed by atoms with Crippen molar-refractivity contribution in [3.63, 3.8) is 0 Å². The molecule has 8 nitrogen and oxygen atoms in total. The van der Waals surface area contributed by atoms with Crippen LogP contribution in [0.4, 0.5) is 19.0 Å². The minimum absolute atomic E-state index is 0.0368. The molecule has 1 amide bonds. The van der Waals surface area contributed by atoms with Crippen molar-refractivity contribution in [1.29, 1.82) is 0 Å². The smallest absolute Gasteiger partial charge is 0.368 e. The molecule has 3 aromatic heterocycles. The lowest BCUT2D eigenvalue weighted by molar-refractivity contribution is -0.140. The number of nitrogens with one attached hydrogen (secondary N) is 3. The number of hydrogen-bond donors (Lipinski definition) is 3. The zero-order valence-electron chi connectivity index (χ0n) is 14.7. The number of H-pyrrole nitrogens is 1. The standard InChI is InChI=1S/C17H18F3N7O/c18-17(19,20)13-9-27-14(2-1-3-15(27)24-13)22-10-4-6-11(7-5-10)23-16(28)12-8-21-26-25-12/h1-3,8-11,22H,4-7H2,(H,23,28)(H,21,25,26)/t10-,11+. The molecule has 0 aliphatic heterocycles. The molecule has 0 saturated heterocycles. The van der Waals surface area contributed by atoms with Crippen LogP contribution in [0.1, 0.15) is 41.9 Å². The molecule has 3 heterocycles. The Morgan fingerprint density at radius 2 is 1.93 bits per heavy atom. The van der Waals surface area contributed by atoms with Crippen LogP contribution in [0, 0.1) is 0 Å². The Balaban J connectivity index is 1.38. The van der Waals surface area contributed by atoms with Gasteiger partial charge in [-0.25, -0.2) is 4.98 Å². The van der Waals surface area contributed by atoms with E-state index < -0.39 is 11.9 Å². The van der Waals surface area contributed by atoms with Gasteiger partial charge in [-0.05, 0) is 37.8 Å². The Kier molecular flexibility index (Phi) is 4.65. The Morgan fingerprint density at radius 1 is 1.18 bits per heavy atom. The summed E-state index contributed by atoms with van der Waals surface area (Å²) in [7, 11) is 0. The van der Waals surface area contributed by atoms with Crippen molar-refractivity contribution in [3.8, 4) is 0 Å². The van der Waals surface area contributed by atoms with Crippen LogP contribution in [0.15, 0.2) is 30.6 Å². The predicted octanol–water partition coefficient (Wildman–Crippen LogP) is 2.62. The fraction of sp³-hybridized carbons (Fsp3) is 0.412. The Bertz CT molecular complexity index is 959. The quantitative estimate of drug-likeness (QED) is 0.633. The molecule has 0 spiro atoms. The predicted molar refractivity (Wildman–Crippen MR) is 93.7 cm³/mol. The maximum absolute atomic E-state index is 12.9. The van der Waals surface area contributed by atoms with Gasteiger partial charge in [-0.3, -0.25) is 14.3 Å². The molecule has 3 aromatic rings. The maximum Gasteiger partial charge on any atom is 0.434 e. The summed E-state index contributed by atoms with van der Waals surface area (Å²) in [6, 6.07) is 5.08. The molecule has 0 atom stereocenters. The average molecular weight is 393 g/mol. The number of anilines is 1. The van der Waals surface area contributed by atoms with Gasteiger partial charge in [-0.1, -0.05) is 11.3 Å². The molecule has 0 aromatic carbocycles. The summed E-state index contributed by atoms with van der Waals surface area (Å²) in [5.74, 6) is 0.320. The fourth-order valence-corrected chi connectivity index (χ4v) is 3.43. The van der Waals surface area contributed by atoms with Crippen molar-refractivity contribution < 1.29 is 18.0 Å². The molecule has 1 fully saturated rings. The van der Waals surface area contributed by atoms with Crippen LogP contribution < -0.4 is 10.6 Å². The number of pyridine rings is 1. The number of carbonyl (C=O) groups is 1. The average Bonchev–Trinajstić information content (AvgIpc) is 3.33. The number of rotatable bonds is 4. The second-order valence-corrected chi connectivity index (χ2v) is 6.80. The van der Waals surface area contributed by atoms with Crippen molar-refractivity contribution in [3.05, 3.63) is 42.0 Å². The summed E-state index contributed by atoms with van der Waals surface area (Å²) < 4.78 is 40.2. The minimum atomic E-state index is -4.48. The minimum Gasteiger partial charge on any atom is -0.368 e. The summed E-state index contributed by atoms with van der Waals surface area (Å²) in [4.78, 5) is 15.7. The highest BCUT2D eigenvalue weighted by atomic mass is 19.4. The van der Waals surface area contributed by atoms with Crippen LogP contribution in [0.5, 0.6) is 0 Å². The summed E-state index contributed by atoms with van der Waals surface area (Å²) in [6.07, 6.45) is 0.972. The summed E-state index contributed by atoms with van der Waals surface area (Å²) in [5.41, 5.74) is -0.361. The number of amides is 1.